The third-order valence-electron chi connectivity index (χ3n) is 3.81. The lowest BCUT2D eigenvalue weighted by Crippen LogP contribution is -2.34. The van der Waals surface area contributed by atoms with Crippen molar-refractivity contribution in [2.75, 3.05) is 0 Å². The van der Waals surface area contributed by atoms with Crippen LogP contribution >= 0.6 is 0 Å². The summed E-state index contributed by atoms with van der Waals surface area (Å²) >= 11 is 0. The number of pyridine rings is 1. The third-order valence-corrected chi connectivity index (χ3v) is 3.81. The Labute approximate surface area is 119 Å². The molecule has 0 aliphatic heterocycles. The quantitative estimate of drug-likeness (QED) is 0.763. The summed E-state index contributed by atoms with van der Waals surface area (Å²) < 4.78 is 0. The van der Waals surface area contributed by atoms with Gasteiger partial charge >= 0.3 is 0 Å². The van der Waals surface area contributed by atoms with Gasteiger partial charge in [0.25, 0.3) is 0 Å². The number of nitrogens with zero attached hydrogens (tertiary/aromatic N) is 1. The highest BCUT2D eigenvalue weighted by Gasteiger charge is 2.26. The lowest BCUT2D eigenvalue weighted by Gasteiger charge is -2.27. The SMILES string of the molecule is Cc1cccc(C(C)(N)c2cccc3cccnc23)c1. The van der Waals surface area contributed by atoms with Crippen molar-refractivity contribution in [2.24, 2.45) is 5.73 Å². The van der Waals surface area contributed by atoms with Gasteiger partial charge in [0.1, 0.15) is 0 Å². The molecule has 0 fully saturated rings. The molecule has 1 atom stereocenters. The van der Waals surface area contributed by atoms with E-state index in [1.165, 1.54) is 5.56 Å². The van der Waals surface area contributed by atoms with Gasteiger partial charge in [0, 0.05) is 17.1 Å². The molecule has 0 saturated heterocycles. The zero-order valence-corrected chi connectivity index (χ0v) is 11.8. The van der Waals surface area contributed by atoms with E-state index in [0.717, 1.165) is 22.0 Å². The monoisotopic (exact) mass is 262 g/mol. The summed E-state index contributed by atoms with van der Waals surface area (Å²) in [6.07, 6.45) is 1.82. The van der Waals surface area contributed by atoms with Crippen LogP contribution in [0, 0.1) is 6.92 Å². The fourth-order valence-corrected chi connectivity index (χ4v) is 2.65. The van der Waals surface area contributed by atoms with Crippen molar-refractivity contribution < 1.29 is 0 Å². The minimum Gasteiger partial charge on any atom is -0.318 e. The summed E-state index contributed by atoms with van der Waals surface area (Å²) in [4.78, 5) is 4.52. The molecule has 0 aliphatic rings. The number of nitrogens with two attached hydrogens (primary N) is 1. The smallest absolute Gasteiger partial charge is 0.0755 e. The van der Waals surface area contributed by atoms with E-state index in [1.54, 1.807) is 0 Å². The first-order valence-electron chi connectivity index (χ1n) is 6.79. The number of aryl methyl sites for hydroxylation is 1. The number of benzene rings is 2. The van der Waals surface area contributed by atoms with E-state index in [9.17, 15) is 0 Å². The molecule has 2 aromatic carbocycles. The van der Waals surface area contributed by atoms with Crippen molar-refractivity contribution in [1.29, 1.82) is 0 Å². The molecule has 0 amide bonds. The minimum atomic E-state index is -0.556. The summed E-state index contributed by atoms with van der Waals surface area (Å²) in [5.74, 6) is 0. The van der Waals surface area contributed by atoms with Gasteiger partial charge in [0.15, 0.2) is 0 Å². The molecule has 0 aliphatic carbocycles. The number of hydrogen-bond acceptors (Lipinski definition) is 2. The van der Waals surface area contributed by atoms with Crippen molar-refractivity contribution >= 4 is 10.9 Å². The Balaban J connectivity index is 2.23. The molecule has 100 valence electrons. The van der Waals surface area contributed by atoms with Crippen LogP contribution in [0.3, 0.4) is 0 Å². The molecular formula is C18H18N2. The number of fused-ring (bicyclic) bond motifs is 1. The van der Waals surface area contributed by atoms with Crippen LogP contribution in [0.4, 0.5) is 0 Å². The molecule has 0 saturated carbocycles. The number of aromatic nitrogens is 1. The molecule has 1 unspecified atom stereocenters. The molecular weight excluding hydrogens is 244 g/mol. The highest BCUT2D eigenvalue weighted by atomic mass is 14.8. The molecule has 1 aromatic heterocycles. The lowest BCUT2D eigenvalue weighted by molar-refractivity contribution is 0.607. The van der Waals surface area contributed by atoms with E-state index in [0.29, 0.717) is 0 Å². The summed E-state index contributed by atoms with van der Waals surface area (Å²) in [6, 6.07) is 18.5. The zero-order chi connectivity index (χ0) is 14.2. The van der Waals surface area contributed by atoms with E-state index in [1.807, 2.05) is 31.3 Å². The first kappa shape index (κ1) is 12.8. The summed E-state index contributed by atoms with van der Waals surface area (Å²) in [7, 11) is 0. The van der Waals surface area contributed by atoms with E-state index in [4.69, 9.17) is 5.73 Å². The first-order valence-corrected chi connectivity index (χ1v) is 6.79. The lowest BCUT2D eigenvalue weighted by atomic mass is 9.84. The Morgan fingerprint density at radius 1 is 1.00 bits per heavy atom. The maximum Gasteiger partial charge on any atom is 0.0755 e. The number of para-hydroxylation sites is 1. The summed E-state index contributed by atoms with van der Waals surface area (Å²) in [5.41, 5.74) is 10.5. The van der Waals surface area contributed by atoms with Gasteiger partial charge in [0.2, 0.25) is 0 Å². The van der Waals surface area contributed by atoms with Crippen LogP contribution in [-0.2, 0) is 5.54 Å². The van der Waals surface area contributed by atoms with Crippen molar-refractivity contribution in [1.82, 2.24) is 4.98 Å². The highest BCUT2D eigenvalue weighted by molar-refractivity contribution is 5.83. The van der Waals surface area contributed by atoms with Crippen molar-refractivity contribution in [2.45, 2.75) is 19.4 Å². The molecule has 0 radical (unpaired) electrons. The van der Waals surface area contributed by atoms with Crippen LogP contribution in [0.2, 0.25) is 0 Å². The van der Waals surface area contributed by atoms with E-state index < -0.39 is 5.54 Å². The Bertz CT molecular complexity index is 755. The van der Waals surface area contributed by atoms with Gasteiger partial charge in [-0.25, -0.2) is 0 Å². The molecule has 2 N–H and O–H groups in total. The predicted octanol–water partition coefficient (Wildman–Crippen LogP) is 3.77. The maximum absolute atomic E-state index is 6.65. The van der Waals surface area contributed by atoms with Crippen LogP contribution in [0.15, 0.2) is 60.8 Å². The van der Waals surface area contributed by atoms with Crippen LogP contribution in [0.5, 0.6) is 0 Å². The molecule has 2 heteroatoms. The molecule has 1 heterocycles. The number of rotatable bonds is 2. The second-order valence-corrected chi connectivity index (χ2v) is 5.45. The van der Waals surface area contributed by atoms with Gasteiger partial charge in [0.05, 0.1) is 11.1 Å². The number of hydrogen-bond donors (Lipinski definition) is 1. The zero-order valence-electron chi connectivity index (χ0n) is 11.8. The Kier molecular flexibility index (Phi) is 3.03. The highest BCUT2D eigenvalue weighted by Crippen LogP contribution is 2.31. The average Bonchev–Trinajstić information content (AvgIpc) is 2.46. The predicted molar refractivity (Wildman–Crippen MR) is 83.6 cm³/mol. The topological polar surface area (TPSA) is 38.9 Å². The van der Waals surface area contributed by atoms with Crippen molar-refractivity contribution in [3.63, 3.8) is 0 Å². The van der Waals surface area contributed by atoms with Crippen molar-refractivity contribution in [3.8, 4) is 0 Å². The largest absolute Gasteiger partial charge is 0.318 e. The van der Waals surface area contributed by atoms with Crippen molar-refractivity contribution in [3.05, 3.63) is 77.5 Å². The Morgan fingerprint density at radius 3 is 2.55 bits per heavy atom. The van der Waals surface area contributed by atoms with E-state index in [2.05, 4.69) is 48.3 Å². The van der Waals surface area contributed by atoms with Gasteiger partial charge in [-0.15, -0.1) is 0 Å². The molecule has 3 aromatic rings. The normalized spacial score (nSPS) is 14.2. The van der Waals surface area contributed by atoms with Crippen LogP contribution in [0.25, 0.3) is 10.9 Å². The van der Waals surface area contributed by atoms with Crippen LogP contribution < -0.4 is 5.73 Å². The minimum absolute atomic E-state index is 0.556. The molecule has 0 bridgehead atoms. The van der Waals surface area contributed by atoms with Gasteiger partial charge in [-0.3, -0.25) is 4.98 Å². The second kappa shape index (κ2) is 4.73. The fourth-order valence-electron chi connectivity index (χ4n) is 2.65. The standard InChI is InChI=1S/C18H18N2/c1-13-6-3-9-15(12-13)18(2,19)16-10-4-7-14-8-5-11-20-17(14)16/h3-12H,19H2,1-2H3. The Morgan fingerprint density at radius 2 is 1.75 bits per heavy atom. The fraction of sp³-hybridized carbons (Fsp3) is 0.167. The maximum atomic E-state index is 6.65. The molecule has 3 rings (SSSR count). The molecule has 20 heavy (non-hydrogen) atoms. The summed E-state index contributed by atoms with van der Waals surface area (Å²) in [6.45, 7) is 4.13. The molecule has 2 nitrogen and oxygen atoms in total. The molecule has 0 spiro atoms. The average molecular weight is 262 g/mol. The van der Waals surface area contributed by atoms with Crippen LogP contribution in [-0.4, -0.2) is 4.98 Å². The van der Waals surface area contributed by atoms with Gasteiger partial charge in [-0.05, 0) is 25.5 Å². The third kappa shape index (κ3) is 2.08. The van der Waals surface area contributed by atoms with Gasteiger partial charge in [-0.2, -0.15) is 0 Å². The Hall–Kier alpha value is -2.19. The van der Waals surface area contributed by atoms with Gasteiger partial charge in [-0.1, -0.05) is 54.1 Å². The van der Waals surface area contributed by atoms with Gasteiger partial charge < -0.3 is 5.73 Å². The van der Waals surface area contributed by atoms with E-state index in [-0.39, 0.29) is 0 Å². The van der Waals surface area contributed by atoms with Crippen LogP contribution in [0.1, 0.15) is 23.6 Å². The first-order chi connectivity index (χ1) is 9.59. The van der Waals surface area contributed by atoms with E-state index >= 15 is 0 Å². The summed E-state index contributed by atoms with van der Waals surface area (Å²) in [5, 5.41) is 1.12. The second-order valence-electron chi connectivity index (χ2n) is 5.45.